The van der Waals surface area contributed by atoms with E-state index in [4.69, 9.17) is 4.74 Å². The van der Waals surface area contributed by atoms with Crippen LogP contribution >= 0.6 is 11.3 Å². The second-order valence-corrected chi connectivity index (χ2v) is 6.44. The molecule has 6 heteroatoms. The second kappa shape index (κ2) is 7.57. The maximum atomic E-state index is 12.5. The molecule has 1 fully saturated rings. The summed E-state index contributed by atoms with van der Waals surface area (Å²) in [6.45, 7) is 5.38. The molecule has 0 saturated carbocycles. The maximum absolute atomic E-state index is 12.5. The highest BCUT2D eigenvalue weighted by atomic mass is 32.1. The molecule has 5 nitrogen and oxygen atoms in total. The number of hydrogen-bond donors (Lipinski definition) is 0. The van der Waals surface area contributed by atoms with Gasteiger partial charge in [-0.15, -0.1) is 11.3 Å². The molecule has 0 N–H and O–H groups in total. The van der Waals surface area contributed by atoms with Crippen molar-refractivity contribution in [1.29, 1.82) is 0 Å². The average molecular weight is 331 g/mol. The van der Waals surface area contributed by atoms with Gasteiger partial charge in [0.05, 0.1) is 6.61 Å². The number of benzene rings is 1. The summed E-state index contributed by atoms with van der Waals surface area (Å²) in [5, 5.41) is 3.01. The van der Waals surface area contributed by atoms with Crippen LogP contribution < -0.4 is 4.90 Å². The second-order valence-electron chi connectivity index (χ2n) is 5.57. The summed E-state index contributed by atoms with van der Waals surface area (Å²) in [6.07, 6.45) is 1.40. The zero-order valence-electron chi connectivity index (χ0n) is 13.2. The molecule has 0 spiro atoms. The lowest BCUT2D eigenvalue weighted by Crippen LogP contribution is -2.51. The third-order valence-corrected chi connectivity index (χ3v) is 4.80. The molecule has 23 heavy (non-hydrogen) atoms. The first kappa shape index (κ1) is 16.0. The first-order valence-corrected chi connectivity index (χ1v) is 8.71. The number of anilines is 1. The Balaban J connectivity index is 1.47. The molecule has 0 radical (unpaired) electrons. The Labute approximate surface area is 140 Å². The van der Waals surface area contributed by atoms with E-state index in [-0.39, 0.29) is 5.91 Å². The lowest BCUT2D eigenvalue weighted by molar-refractivity contribution is -0.143. The van der Waals surface area contributed by atoms with Crippen LogP contribution in [0.15, 0.2) is 41.9 Å². The molecular weight excluding hydrogens is 310 g/mol. The molecule has 3 rings (SSSR count). The van der Waals surface area contributed by atoms with Gasteiger partial charge in [0.1, 0.15) is 6.10 Å². The van der Waals surface area contributed by atoms with Crippen LogP contribution in [0.2, 0.25) is 0 Å². The first-order chi connectivity index (χ1) is 11.2. The number of carbonyl (C=O) groups excluding carboxylic acids is 1. The van der Waals surface area contributed by atoms with E-state index in [1.165, 1.54) is 0 Å². The molecular formula is C17H21N3O2S. The summed E-state index contributed by atoms with van der Waals surface area (Å²) < 4.78 is 5.73. The van der Waals surface area contributed by atoms with Crippen LogP contribution in [0.4, 0.5) is 5.13 Å². The highest BCUT2D eigenvalue weighted by Crippen LogP contribution is 2.19. The lowest BCUT2D eigenvalue weighted by Gasteiger charge is -2.35. The van der Waals surface area contributed by atoms with Gasteiger partial charge < -0.3 is 14.5 Å². The van der Waals surface area contributed by atoms with E-state index >= 15 is 0 Å². The number of thiazole rings is 1. The molecule has 0 bridgehead atoms. The van der Waals surface area contributed by atoms with Gasteiger partial charge >= 0.3 is 0 Å². The number of rotatable bonds is 5. The molecule has 122 valence electrons. The standard InChI is InChI=1S/C17H21N3O2S/c1-14(22-13-15-5-3-2-4-6-15)16(21)19-8-10-20(11-9-19)17-18-7-12-23-17/h2-7,12,14H,8-11,13H2,1H3/t14-/m0/s1. The van der Waals surface area contributed by atoms with Gasteiger partial charge in [0, 0.05) is 37.8 Å². The quantitative estimate of drug-likeness (QED) is 0.844. The van der Waals surface area contributed by atoms with Gasteiger partial charge in [-0.05, 0) is 12.5 Å². The van der Waals surface area contributed by atoms with Crippen molar-refractivity contribution in [2.45, 2.75) is 19.6 Å². The molecule has 1 saturated heterocycles. The number of carbonyl (C=O) groups is 1. The Morgan fingerprint density at radius 3 is 2.65 bits per heavy atom. The third-order valence-electron chi connectivity index (χ3n) is 3.97. The van der Waals surface area contributed by atoms with Crippen molar-refractivity contribution in [1.82, 2.24) is 9.88 Å². The van der Waals surface area contributed by atoms with Gasteiger partial charge in [-0.2, -0.15) is 0 Å². The Morgan fingerprint density at radius 1 is 1.26 bits per heavy atom. The molecule has 1 amide bonds. The number of aromatic nitrogens is 1. The Kier molecular flexibility index (Phi) is 5.25. The van der Waals surface area contributed by atoms with Crippen molar-refractivity contribution in [3.63, 3.8) is 0 Å². The number of hydrogen-bond acceptors (Lipinski definition) is 5. The van der Waals surface area contributed by atoms with E-state index in [2.05, 4.69) is 9.88 Å². The molecule has 0 unspecified atom stereocenters. The fourth-order valence-electron chi connectivity index (χ4n) is 2.61. The van der Waals surface area contributed by atoms with Crippen LogP contribution in [0.25, 0.3) is 0 Å². The molecule has 2 aromatic rings. The Morgan fingerprint density at radius 2 is 2.00 bits per heavy atom. The Hall–Kier alpha value is -1.92. The minimum absolute atomic E-state index is 0.0692. The maximum Gasteiger partial charge on any atom is 0.251 e. The van der Waals surface area contributed by atoms with Crippen LogP contribution in [-0.4, -0.2) is 48.1 Å². The van der Waals surface area contributed by atoms with Crippen LogP contribution in [-0.2, 0) is 16.1 Å². The Bertz CT molecular complexity index is 610. The summed E-state index contributed by atoms with van der Waals surface area (Å²) in [5.41, 5.74) is 1.08. The van der Waals surface area contributed by atoms with Crippen molar-refractivity contribution in [2.75, 3.05) is 31.1 Å². The van der Waals surface area contributed by atoms with E-state index in [0.29, 0.717) is 6.61 Å². The number of amides is 1. The molecule has 1 atom stereocenters. The van der Waals surface area contributed by atoms with Crippen LogP contribution in [0.1, 0.15) is 12.5 Å². The minimum atomic E-state index is -0.415. The summed E-state index contributed by atoms with van der Waals surface area (Å²) in [5.74, 6) is 0.0692. The van der Waals surface area contributed by atoms with Gasteiger partial charge in [-0.1, -0.05) is 30.3 Å². The molecule has 1 aliphatic heterocycles. The fraction of sp³-hybridized carbons (Fsp3) is 0.412. The smallest absolute Gasteiger partial charge is 0.251 e. The average Bonchev–Trinajstić information content (AvgIpc) is 3.15. The number of piperazine rings is 1. The minimum Gasteiger partial charge on any atom is -0.364 e. The van der Waals surface area contributed by atoms with E-state index < -0.39 is 6.10 Å². The van der Waals surface area contributed by atoms with Crippen molar-refractivity contribution in [3.8, 4) is 0 Å². The number of ether oxygens (including phenoxy) is 1. The van der Waals surface area contributed by atoms with Crippen LogP contribution in [0.5, 0.6) is 0 Å². The van der Waals surface area contributed by atoms with Crippen molar-refractivity contribution in [3.05, 3.63) is 47.5 Å². The first-order valence-electron chi connectivity index (χ1n) is 7.83. The van der Waals surface area contributed by atoms with E-state index in [1.807, 2.05) is 53.7 Å². The topological polar surface area (TPSA) is 45.7 Å². The summed E-state index contributed by atoms with van der Waals surface area (Å²) >= 11 is 1.64. The van der Waals surface area contributed by atoms with E-state index in [0.717, 1.165) is 36.9 Å². The lowest BCUT2D eigenvalue weighted by atomic mass is 10.2. The molecule has 1 aliphatic rings. The molecule has 1 aromatic carbocycles. The molecule has 0 aliphatic carbocycles. The monoisotopic (exact) mass is 331 g/mol. The normalized spacial score (nSPS) is 16.4. The van der Waals surface area contributed by atoms with Crippen molar-refractivity contribution >= 4 is 22.4 Å². The highest BCUT2D eigenvalue weighted by Gasteiger charge is 2.26. The summed E-state index contributed by atoms with van der Waals surface area (Å²) in [7, 11) is 0. The van der Waals surface area contributed by atoms with Gasteiger partial charge in [0.2, 0.25) is 0 Å². The van der Waals surface area contributed by atoms with Crippen LogP contribution in [0.3, 0.4) is 0 Å². The highest BCUT2D eigenvalue weighted by molar-refractivity contribution is 7.13. The third kappa shape index (κ3) is 4.09. The van der Waals surface area contributed by atoms with Gasteiger partial charge in [-0.3, -0.25) is 4.79 Å². The predicted octanol–water partition coefficient (Wildman–Crippen LogP) is 2.40. The largest absolute Gasteiger partial charge is 0.364 e. The van der Waals surface area contributed by atoms with Crippen molar-refractivity contribution in [2.24, 2.45) is 0 Å². The summed E-state index contributed by atoms with van der Waals surface area (Å²) in [6, 6.07) is 9.93. The SMILES string of the molecule is C[C@H](OCc1ccccc1)C(=O)N1CCN(c2nccs2)CC1. The predicted molar refractivity (Wildman–Crippen MR) is 91.6 cm³/mol. The van der Waals surface area contributed by atoms with Crippen molar-refractivity contribution < 1.29 is 9.53 Å². The van der Waals surface area contributed by atoms with Gasteiger partial charge in [-0.25, -0.2) is 4.98 Å². The van der Waals surface area contributed by atoms with E-state index in [1.54, 1.807) is 11.3 Å². The summed E-state index contributed by atoms with van der Waals surface area (Å²) in [4.78, 5) is 20.9. The fourth-order valence-corrected chi connectivity index (χ4v) is 3.31. The number of nitrogens with zero attached hydrogens (tertiary/aromatic N) is 3. The van der Waals surface area contributed by atoms with Crippen LogP contribution in [0, 0.1) is 0 Å². The van der Waals surface area contributed by atoms with E-state index in [9.17, 15) is 4.79 Å². The van der Waals surface area contributed by atoms with Gasteiger partial charge in [0.25, 0.3) is 5.91 Å². The van der Waals surface area contributed by atoms with Gasteiger partial charge in [0.15, 0.2) is 5.13 Å². The zero-order valence-corrected chi connectivity index (χ0v) is 14.0. The zero-order chi connectivity index (χ0) is 16.1. The molecule has 2 heterocycles. The molecule has 1 aromatic heterocycles.